The zero-order chi connectivity index (χ0) is 33.8. The van der Waals surface area contributed by atoms with Crippen LogP contribution in [0.5, 0.6) is 0 Å². The number of rotatable bonds is 37. The van der Waals surface area contributed by atoms with E-state index in [9.17, 15) is 9.59 Å². The monoisotopic (exact) mass is 654 g/mol. The van der Waals surface area contributed by atoms with Gasteiger partial charge in [-0.1, -0.05) is 130 Å². The van der Waals surface area contributed by atoms with E-state index >= 15 is 0 Å². The first-order valence-electron chi connectivity index (χ1n) is 20.1. The minimum Gasteiger partial charge on any atom is -0.466 e. The largest absolute Gasteiger partial charge is 0.466 e. The van der Waals surface area contributed by atoms with Crippen molar-refractivity contribution in [2.45, 2.75) is 207 Å². The summed E-state index contributed by atoms with van der Waals surface area (Å²) < 4.78 is 16.7. The summed E-state index contributed by atoms with van der Waals surface area (Å²) in [5.41, 5.74) is 0. The molecule has 0 bridgehead atoms. The third-order valence-corrected chi connectivity index (χ3v) is 9.14. The minimum absolute atomic E-state index is 0.0212. The van der Waals surface area contributed by atoms with Gasteiger partial charge < -0.3 is 19.1 Å². The molecule has 46 heavy (non-hydrogen) atoms. The van der Waals surface area contributed by atoms with Gasteiger partial charge in [0.2, 0.25) is 0 Å². The fourth-order valence-corrected chi connectivity index (χ4v) is 6.07. The smallest absolute Gasteiger partial charge is 0.306 e. The Morgan fingerprint density at radius 2 is 0.913 bits per heavy atom. The maximum atomic E-state index is 12.6. The van der Waals surface area contributed by atoms with E-state index in [4.69, 9.17) is 14.2 Å². The second-order valence-electron chi connectivity index (χ2n) is 13.7. The molecule has 1 unspecified atom stereocenters. The average Bonchev–Trinajstić information content (AvgIpc) is 3.05. The highest BCUT2D eigenvalue weighted by Gasteiger charge is 2.14. The summed E-state index contributed by atoms with van der Waals surface area (Å²) in [5.74, 6) is -0.000595. The molecule has 6 nitrogen and oxygen atoms in total. The number of carbonyl (C=O) groups excluding carboxylic acids is 2. The molecule has 0 aliphatic rings. The SMILES string of the molecule is CCCCCCCOC(=O)CCCCCCCN(CCCCCCCC(=O)OC(CCCCCC)CCCCCCC)CCOC. The predicted octanol–water partition coefficient (Wildman–Crippen LogP) is 11.4. The fourth-order valence-electron chi connectivity index (χ4n) is 6.07. The molecule has 0 aliphatic heterocycles. The number of hydrogen-bond acceptors (Lipinski definition) is 6. The normalized spacial score (nSPS) is 12.1. The number of hydrogen-bond donors (Lipinski definition) is 0. The number of methoxy groups -OCH3 is 1. The van der Waals surface area contributed by atoms with E-state index < -0.39 is 0 Å². The van der Waals surface area contributed by atoms with Gasteiger partial charge in [-0.3, -0.25) is 9.59 Å². The molecular weight excluding hydrogens is 574 g/mol. The quantitative estimate of drug-likeness (QED) is 0.0491. The van der Waals surface area contributed by atoms with E-state index in [1.54, 1.807) is 7.11 Å². The van der Waals surface area contributed by atoms with Crippen molar-refractivity contribution < 1.29 is 23.8 Å². The number of nitrogens with zero attached hydrogens (tertiary/aromatic N) is 1. The summed E-state index contributed by atoms with van der Waals surface area (Å²) in [6, 6.07) is 0. The molecule has 0 radical (unpaired) electrons. The lowest BCUT2D eigenvalue weighted by Gasteiger charge is -2.22. The molecule has 1 atom stereocenters. The van der Waals surface area contributed by atoms with Crippen molar-refractivity contribution >= 4 is 11.9 Å². The summed E-state index contributed by atoms with van der Waals surface area (Å²) in [7, 11) is 1.78. The van der Waals surface area contributed by atoms with E-state index in [0.717, 1.165) is 71.2 Å². The van der Waals surface area contributed by atoms with Gasteiger partial charge >= 0.3 is 11.9 Å². The lowest BCUT2D eigenvalue weighted by molar-refractivity contribution is -0.150. The van der Waals surface area contributed by atoms with Crippen LogP contribution >= 0.6 is 0 Å². The lowest BCUT2D eigenvalue weighted by atomic mass is 10.0. The van der Waals surface area contributed by atoms with Crippen molar-refractivity contribution in [1.82, 2.24) is 4.90 Å². The van der Waals surface area contributed by atoms with E-state index in [0.29, 0.717) is 19.4 Å². The van der Waals surface area contributed by atoms with Gasteiger partial charge in [0, 0.05) is 26.5 Å². The molecular formula is C40H79NO5. The van der Waals surface area contributed by atoms with Crippen LogP contribution < -0.4 is 0 Å². The molecule has 0 saturated carbocycles. The molecule has 0 saturated heterocycles. The zero-order valence-corrected chi connectivity index (χ0v) is 31.4. The van der Waals surface area contributed by atoms with E-state index in [1.807, 2.05) is 0 Å². The molecule has 0 rings (SSSR count). The summed E-state index contributed by atoms with van der Waals surface area (Å²) in [6.07, 6.45) is 31.9. The van der Waals surface area contributed by atoms with Crippen LogP contribution in [0.4, 0.5) is 0 Å². The van der Waals surface area contributed by atoms with Crippen molar-refractivity contribution in [2.24, 2.45) is 0 Å². The van der Waals surface area contributed by atoms with E-state index in [-0.39, 0.29) is 18.0 Å². The maximum absolute atomic E-state index is 12.6. The second-order valence-corrected chi connectivity index (χ2v) is 13.7. The molecule has 0 fully saturated rings. The van der Waals surface area contributed by atoms with Crippen LogP contribution in [-0.4, -0.2) is 62.9 Å². The number of ether oxygens (including phenoxy) is 3. The first-order valence-corrected chi connectivity index (χ1v) is 20.1. The fraction of sp³-hybridized carbons (Fsp3) is 0.950. The lowest BCUT2D eigenvalue weighted by Crippen LogP contribution is -2.29. The minimum atomic E-state index is -0.0218. The van der Waals surface area contributed by atoms with Crippen LogP contribution in [0.2, 0.25) is 0 Å². The van der Waals surface area contributed by atoms with Crippen LogP contribution in [0.25, 0.3) is 0 Å². The van der Waals surface area contributed by atoms with Crippen LogP contribution in [0.3, 0.4) is 0 Å². The van der Waals surface area contributed by atoms with E-state index in [1.165, 1.54) is 122 Å². The summed E-state index contributed by atoms with van der Waals surface area (Å²) in [5, 5.41) is 0. The van der Waals surface area contributed by atoms with Gasteiger partial charge in [0.15, 0.2) is 0 Å². The van der Waals surface area contributed by atoms with Crippen molar-refractivity contribution in [3.8, 4) is 0 Å². The first kappa shape index (κ1) is 44.9. The molecule has 274 valence electrons. The highest BCUT2D eigenvalue weighted by atomic mass is 16.5. The van der Waals surface area contributed by atoms with Crippen molar-refractivity contribution in [3.63, 3.8) is 0 Å². The molecule has 0 aromatic carbocycles. The Bertz CT molecular complexity index is 643. The highest BCUT2D eigenvalue weighted by Crippen LogP contribution is 2.18. The molecule has 0 aromatic rings. The third-order valence-electron chi connectivity index (χ3n) is 9.14. The van der Waals surface area contributed by atoms with Gasteiger partial charge in [0.05, 0.1) is 13.2 Å². The van der Waals surface area contributed by atoms with Crippen LogP contribution in [0.15, 0.2) is 0 Å². The standard InChI is InChI=1S/C40H79NO5/c1-5-8-11-16-23-30-38(29-22-13-10-7-3)46-40(43)32-25-18-15-20-27-34-41(35-37-44-4)33-26-19-14-17-24-31-39(42)45-36-28-21-12-9-6-2/h38H,5-37H2,1-4H3. The number of carbonyl (C=O) groups is 2. The topological polar surface area (TPSA) is 65.1 Å². The van der Waals surface area contributed by atoms with Crippen LogP contribution in [0.1, 0.15) is 201 Å². The predicted molar refractivity (Wildman–Crippen MR) is 195 cm³/mol. The molecule has 0 N–H and O–H groups in total. The van der Waals surface area contributed by atoms with Gasteiger partial charge in [-0.25, -0.2) is 0 Å². The zero-order valence-electron chi connectivity index (χ0n) is 31.4. The Kier molecular flexibility index (Phi) is 35.8. The van der Waals surface area contributed by atoms with Crippen molar-refractivity contribution in [2.75, 3.05) is 40.0 Å². The highest BCUT2D eigenvalue weighted by molar-refractivity contribution is 5.69. The van der Waals surface area contributed by atoms with E-state index in [2.05, 4.69) is 25.7 Å². The molecule has 0 spiro atoms. The Balaban J connectivity index is 3.97. The van der Waals surface area contributed by atoms with Gasteiger partial charge in [0.1, 0.15) is 6.10 Å². The molecule has 0 aromatic heterocycles. The summed E-state index contributed by atoms with van der Waals surface area (Å²) >= 11 is 0. The summed E-state index contributed by atoms with van der Waals surface area (Å²) in [6.45, 7) is 11.3. The van der Waals surface area contributed by atoms with Crippen molar-refractivity contribution in [3.05, 3.63) is 0 Å². The molecule has 6 heteroatoms. The van der Waals surface area contributed by atoms with Gasteiger partial charge in [-0.15, -0.1) is 0 Å². The number of esters is 2. The molecule has 0 amide bonds. The van der Waals surface area contributed by atoms with Crippen molar-refractivity contribution in [1.29, 1.82) is 0 Å². The first-order chi connectivity index (χ1) is 22.6. The summed E-state index contributed by atoms with van der Waals surface area (Å²) in [4.78, 5) is 27.0. The third kappa shape index (κ3) is 32.8. The second kappa shape index (κ2) is 36.7. The Morgan fingerprint density at radius 3 is 1.46 bits per heavy atom. The van der Waals surface area contributed by atoms with Crippen LogP contribution in [-0.2, 0) is 23.8 Å². The van der Waals surface area contributed by atoms with Gasteiger partial charge in [-0.05, 0) is 70.9 Å². The number of unbranched alkanes of at least 4 members (excludes halogenated alkanes) is 19. The Labute approximate surface area is 286 Å². The van der Waals surface area contributed by atoms with Crippen LogP contribution in [0, 0.1) is 0 Å². The average molecular weight is 654 g/mol. The van der Waals surface area contributed by atoms with Gasteiger partial charge in [0.25, 0.3) is 0 Å². The molecule has 0 heterocycles. The maximum Gasteiger partial charge on any atom is 0.306 e. The Hall–Kier alpha value is -1.14. The Morgan fingerprint density at radius 1 is 0.478 bits per heavy atom. The molecule has 0 aliphatic carbocycles. The van der Waals surface area contributed by atoms with Gasteiger partial charge in [-0.2, -0.15) is 0 Å².